The van der Waals surface area contributed by atoms with Crippen molar-refractivity contribution < 1.29 is 9.00 Å². The van der Waals surface area contributed by atoms with Gasteiger partial charge in [0.1, 0.15) is 0 Å². The summed E-state index contributed by atoms with van der Waals surface area (Å²) in [6.45, 7) is 4.60. The molecule has 0 spiro atoms. The van der Waals surface area contributed by atoms with Crippen molar-refractivity contribution in [1.82, 2.24) is 0 Å². The lowest BCUT2D eigenvalue weighted by molar-refractivity contribution is -0.115. The normalized spacial score (nSPS) is 12.4. The van der Waals surface area contributed by atoms with Crippen molar-refractivity contribution in [2.24, 2.45) is 11.7 Å². The van der Waals surface area contributed by atoms with Gasteiger partial charge in [0, 0.05) is 41.0 Å². The van der Waals surface area contributed by atoms with Gasteiger partial charge >= 0.3 is 0 Å². The van der Waals surface area contributed by atoms with Gasteiger partial charge in [0.05, 0.1) is 0 Å². The summed E-state index contributed by atoms with van der Waals surface area (Å²) < 4.78 is 11.7. The van der Waals surface area contributed by atoms with Crippen LogP contribution in [0.1, 0.15) is 32.3 Å². The van der Waals surface area contributed by atoms with Crippen LogP contribution in [-0.2, 0) is 22.1 Å². The van der Waals surface area contributed by atoms with Gasteiger partial charge in [-0.15, -0.1) is 0 Å². The number of rotatable bonds is 8. The van der Waals surface area contributed by atoms with Crippen LogP contribution in [0.2, 0.25) is 0 Å². The number of hydrogen-bond acceptors (Lipinski definition) is 3. The molecule has 0 saturated carbocycles. The lowest BCUT2D eigenvalue weighted by atomic mass is 10.2. The van der Waals surface area contributed by atoms with Gasteiger partial charge in [-0.3, -0.25) is 9.00 Å². The fourth-order valence-electron chi connectivity index (χ4n) is 1.71. The molecule has 0 fully saturated rings. The smallest absolute Gasteiger partial charge is 0.225 e. The van der Waals surface area contributed by atoms with Crippen LogP contribution in [0.3, 0.4) is 0 Å². The molecule has 0 radical (unpaired) electrons. The molecule has 0 aliphatic rings. The Hall–Kier alpha value is -1.20. The monoisotopic (exact) mass is 296 g/mol. The molecule has 1 rings (SSSR count). The lowest BCUT2D eigenvalue weighted by Crippen LogP contribution is -2.17. The maximum absolute atomic E-state index is 11.8. The van der Waals surface area contributed by atoms with E-state index in [9.17, 15) is 9.00 Å². The maximum Gasteiger partial charge on any atom is 0.225 e. The summed E-state index contributed by atoms with van der Waals surface area (Å²) in [5.41, 5.74) is 7.26. The third-order valence-corrected chi connectivity index (χ3v) is 4.34. The van der Waals surface area contributed by atoms with E-state index in [2.05, 4.69) is 19.2 Å². The molecule has 0 aliphatic heterocycles. The molecule has 20 heavy (non-hydrogen) atoms. The first-order valence-electron chi connectivity index (χ1n) is 6.95. The van der Waals surface area contributed by atoms with Crippen molar-refractivity contribution in [3.8, 4) is 0 Å². The third kappa shape index (κ3) is 6.30. The number of nitrogens with one attached hydrogen (secondary N) is 1. The minimum Gasteiger partial charge on any atom is -0.326 e. The first-order chi connectivity index (χ1) is 9.52. The summed E-state index contributed by atoms with van der Waals surface area (Å²) in [5, 5.41) is 2.83. The number of carbonyl (C=O) groups excluding carboxylic acids is 1. The fraction of sp³-hybridized carbons (Fsp3) is 0.533. The Bertz CT molecular complexity index is 461. The molecule has 112 valence electrons. The van der Waals surface area contributed by atoms with Crippen molar-refractivity contribution in [2.45, 2.75) is 33.2 Å². The van der Waals surface area contributed by atoms with Crippen molar-refractivity contribution in [2.75, 3.05) is 16.8 Å². The zero-order chi connectivity index (χ0) is 15.0. The highest BCUT2D eigenvalue weighted by Crippen LogP contribution is 2.14. The Morgan fingerprint density at radius 3 is 2.65 bits per heavy atom. The summed E-state index contributed by atoms with van der Waals surface area (Å²) in [5.74, 6) is 1.53. The molecule has 4 nitrogen and oxygen atoms in total. The van der Waals surface area contributed by atoms with E-state index in [1.54, 1.807) is 0 Å². The molecule has 1 aromatic carbocycles. The van der Waals surface area contributed by atoms with E-state index in [0.29, 0.717) is 24.0 Å². The molecule has 0 bridgehead atoms. The van der Waals surface area contributed by atoms with Crippen LogP contribution in [0.25, 0.3) is 0 Å². The molecule has 1 aromatic rings. The van der Waals surface area contributed by atoms with Crippen LogP contribution >= 0.6 is 0 Å². The van der Waals surface area contributed by atoms with Gasteiger partial charge in [-0.25, -0.2) is 0 Å². The Kier molecular flexibility index (Phi) is 7.47. The molecule has 0 heterocycles. The molecule has 0 aromatic heterocycles. The fourth-order valence-corrected chi connectivity index (χ4v) is 3.06. The Labute approximate surface area is 123 Å². The van der Waals surface area contributed by atoms with Gasteiger partial charge in [0.15, 0.2) is 0 Å². The zero-order valence-corrected chi connectivity index (χ0v) is 13.0. The minimum absolute atomic E-state index is 0.108. The van der Waals surface area contributed by atoms with E-state index >= 15 is 0 Å². The van der Waals surface area contributed by atoms with Crippen LogP contribution < -0.4 is 11.1 Å². The highest BCUT2D eigenvalue weighted by molar-refractivity contribution is 7.84. The Morgan fingerprint density at radius 1 is 1.30 bits per heavy atom. The molecular formula is C15H24N2O2S. The first-order valence-corrected chi connectivity index (χ1v) is 8.44. The van der Waals surface area contributed by atoms with Gasteiger partial charge in [-0.2, -0.15) is 0 Å². The van der Waals surface area contributed by atoms with E-state index in [-0.39, 0.29) is 12.3 Å². The molecule has 1 unspecified atom stereocenters. The first kappa shape index (κ1) is 16.9. The summed E-state index contributed by atoms with van der Waals surface area (Å²) in [4.78, 5) is 11.8. The molecule has 0 saturated heterocycles. The number of nitrogens with two attached hydrogens (primary N) is 1. The predicted molar refractivity (Wildman–Crippen MR) is 84.9 cm³/mol. The minimum atomic E-state index is -0.912. The summed E-state index contributed by atoms with van der Waals surface area (Å²) >= 11 is 0. The molecule has 0 aliphatic carbocycles. The predicted octanol–water partition coefficient (Wildman–Crippen LogP) is 2.27. The average Bonchev–Trinajstić information content (AvgIpc) is 2.43. The number of carbonyl (C=O) groups is 1. The second-order valence-corrected chi connectivity index (χ2v) is 6.89. The van der Waals surface area contributed by atoms with Crippen LogP contribution in [0.5, 0.6) is 0 Å². The maximum atomic E-state index is 11.8. The molecule has 1 atom stereocenters. The number of benzene rings is 1. The second-order valence-electron chi connectivity index (χ2n) is 5.19. The van der Waals surface area contributed by atoms with E-state index in [4.69, 9.17) is 5.73 Å². The van der Waals surface area contributed by atoms with Gasteiger partial charge in [-0.1, -0.05) is 32.0 Å². The quantitative estimate of drug-likeness (QED) is 0.773. The SMILES string of the molecule is CC(C)CCS(=O)CCC(=O)Nc1ccccc1CN. The molecule has 3 N–H and O–H groups in total. The summed E-state index contributed by atoms with van der Waals surface area (Å²) in [6.07, 6.45) is 1.22. The lowest BCUT2D eigenvalue weighted by Gasteiger charge is -2.09. The van der Waals surface area contributed by atoms with Crippen molar-refractivity contribution >= 4 is 22.4 Å². The second kappa shape index (κ2) is 8.87. The van der Waals surface area contributed by atoms with Crippen LogP contribution in [-0.4, -0.2) is 21.6 Å². The Morgan fingerprint density at radius 2 is 2.00 bits per heavy atom. The largest absolute Gasteiger partial charge is 0.326 e. The van der Waals surface area contributed by atoms with Crippen molar-refractivity contribution in [1.29, 1.82) is 0 Å². The highest BCUT2D eigenvalue weighted by Gasteiger charge is 2.08. The number of hydrogen-bond donors (Lipinski definition) is 2. The standard InChI is InChI=1S/C15H24N2O2S/c1-12(2)7-9-20(19)10-8-15(18)17-14-6-4-3-5-13(14)11-16/h3-6,12H,7-11,16H2,1-2H3,(H,17,18). The number of para-hydroxylation sites is 1. The Balaban J connectivity index is 2.38. The van der Waals surface area contributed by atoms with Crippen LogP contribution in [0.4, 0.5) is 5.69 Å². The van der Waals surface area contributed by atoms with Crippen LogP contribution in [0, 0.1) is 5.92 Å². The van der Waals surface area contributed by atoms with Crippen molar-refractivity contribution in [3.05, 3.63) is 29.8 Å². The summed E-state index contributed by atoms with van der Waals surface area (Å²) in [6, 6.07) is 7.46. The van der Waals surface area contributed by atoms with E-state index < -0.39 is 10.8 Å². The average molecular weight is 296 g/mol. The van der Waals surface area contributed by atoms with E-state index in [1.807, 2.05) is 24.3 Å². The van der Waals surface area contributed by atoms with Gasteiger partial charge in [0.25, 0.3) is 0 Å². The zero-order valence-electron chi connectivity index (χ0n) is 12.2. The topological polar surface area (TPSA) is 72.2 Å². The number of anilines is 1. The van der Waals surface area contributed by atoms with Gasteiger partial charge < -0.3 is 11.1 Å². The van der Waals surface area contributed by atoms with E-state index in [0.717, 1.165) is 17.7 Å². The van der Waals surface area contributed by atoms with Gasteiger partial charge in [0.2, 0.25) is 5.91 Å². The number of amides is 1. The summed E-state index contributed by atoms with van der Waals surface area (Å²) in [7, 11) is -0.912. The molecule has 5 heteroatoms. The molecular weight excluding hydrogens is 272 g/mol. The van der Waals surface area contributed by atoms with Crippen molar-refractivity contribution in [3.63, 3.8) is 0 Å². The highest BCUT2D eigenvalue weighted by atomic mass is 32.2. The van der Waals surface area contributed by atoms with Crippen LogP contribution in [0.15, 0.2) is 24.3 Å². The third-order valence-electron chi connectivity index (χ3n) is 2.99. The molecule has 1 amide bonds. The van der Waals surface area contributed by atoms with E-state index in [1.165, 1.54) is 0 Å². The van der Waals surface area contributed by atoms with Gasteiger partial charge in [-0.05, 0) is 24.0 Å².